The van der Waals surface area contributed by atoms with Crippen LogP contribution in [0.25, 0.3) is 11.3 Å². The van der Waals surface area contributed by atoms with Crippen molar-refractivity contribution in [1.82, 2.24) is 9.88 Å². The molecule has 2 aromatic rings. The first-order valence-electron chi connectivity index (χ1n) is 8.13. The zero-order valence-electron chi connectivity index (χ0n) is 13.0. The van der Waals surface area contributed by atoms with E-state index in [4.69, 9.17) is 0 Å². The van der Waals surface area contributed by atoms with Crippen molar-refractivity contribution in [3.63, 3.8) is 0 Å². The van der Waals surface area contributed by atoms with Crippen LogP contribution in [-0.2, 0) is 5.60 Å². The molecule has 2 bridgehead atoms. The second kappa shape index (κ2) is 5.18. The maximum atomic E-state index is 11.2. The first-order valence-corrected chi connectivity index (χ1v) is 8.13. The summed E-state index contributed by atoms with van der Waals surface area (Å²) in [5, 5.41) is 11.2. The predicted molar refractivity (Wildman–Crippen MR) is 87.5 cm³/mol. The largest absolute Gasteiger partial charge is 0.384 e. The Balaban J connectivity index is 1.63. The van der Waals surface area contributed by atoms with Gasteiger partial charge in [-0.15, -0.1) is 0 Å². The minimum atomic E-state index is -0.671. The summed E-state index contributed by atoms with van der Waals surface area (Å²) in [5.74, 6) is 0.404. The van der Waals surface area contributed by atoms with Crippen molar-refractivity contribution < 1.29 is 5.11 Å². The highest BCUT2D eigenvalue weighted by Gasteiger charge is 2.46. The second-order valence-electron chi connectivity index (χ2n) is 6.77. The molecule has 0 amide bonds. The Bertz CT molecular complexity index is 657. The molecule has 1 atom stereocenters. The van der Waals surface area contributed by atoms with E-state index in [-0.39, 0.29) is 0 Å². The van der Waals surface area contributed by atoms with Crippen LogP contribution in [0.3, 0.4) is 0 Å². The minimum Gasteiger partial charge on any atom is -0.384 e. The average molecular weight is 294 g/mol. The van der Waals surface area contributed by atoms with Crippen LogP contribution in [0.15, 0.2) is 42.6 Å². The van der Waals surface area contributed by atoms with Crippen LogP contribution in [0.2, 0.25) is 0 Å². The van der Waals surface area contributed by atoms with Gasteiger partial charge in [-0.25, -0.2) is 0 Å². The van der Waals surface area contributed by atoms with Gasteiger partial charge in [-0.1, -0.05) is 30.3 Å². The third-order valence-corrected chi connectivity index (χ3v) is 5.32. The summed E-state index contributed by atoms with van der Waals surface area (Å²) in [6, 6.07) is 12.5. The lowest BCUT2D eigenvalue weighted by Gasteiger charge is -2.50. The van der Waals surface area contributed by atoms with Gasteiger partial charge in [0.15, 0.2) is 0 Å². The predicted octanol–water partition coefficient (Wildman–Crippen LogP) is 2.97. The normalized spacial score (nSPS) is 30.5. The van der Waals surface area contributed by atoms with Crippen molar-refractivity contribution in [2.75, 3.05) is 19.6 Å². The topological polar surface area (TPSA) is 36.4 Å². The zero-order chi connectivity index (χ0) is 15.2. The molecule has 0 radical (unpaired) electrons. The lowest BCUT2D eigenvalue weighted by molar-refractivity contribution is -0.117. The molecule has 1 unspecified atom stereocenters. The summed E-state index contributed by atoms with van der Waals surface area (Å²) in [6.07, 6.45) is 4.11. The number of aryl methyl sites for hydroxylation is 1. The number of piperidine rings is 3. The Hall–Kier alpha value is -1.71. The lowest BCUT2D eigenvalue weighted by atomic mass is 9.71. The molecule has 22 heavy (non-hydrogen) atoms. The molecule has 1 aromatic heterocycles. The molecule has 1 aromatic carbocycles. The number of hydrogen-bond donors (Lipinski definition) is 1. The van der Waals surface area contributed by atoms with Crippen molar-refractivity contribution in [2.45, 2.75) is 25.4 Å². The van der Waals surface area contributed by atoms with E-state index in [0.29, 0.717) is 5.92 Å². The molecule has 3 heteroatoms. The molecule has 0 saturated carbocycles. The van der Waals surface area contributed by atoms with E-state index >= 15 is 0 Å². The van der Waals surface area contributed by atoms with Gasteiger partial charge >= 0.3 is 0 Å². The summed E-state index contributed by atoms with van der Waals surface area (Å²) < 4.78 is 0. The minimum absolute atomic E-state index is 0.404. The third-order valence-electron chi connectivity index (χ3n) is 5.32. The summed E-state index contributed by atoms with van der Waals surface area (Å²) in [4.78, 5) is 6.86. The van der Waals surface area contributed by atoms with Gasteiger partial charge in [-0.2, -0.15) is 0 Å². The molecule has 3 nitrogen and oxygen atoms in total. The maximum Gasteiger partial charge on any atom is 0.105 e. The number of benzene rings is 1. The fraction of sp³-hybridized carbons (Fsp3) is 0.421. The molecule has 4 heterocycles. The number of rotatable bonds is 2. The Morgan fingerprint density at radius 3 is 2.36 bits per heavy atom. The van der Waals surface area contributed by atoms with Crippen molar-refractivity contribution >= 4 is 0 Å². The molecule has 5 rings (SSSR count). The zero-order valence-corrected chi connectivity index (χ0v) is 13.0. The van der Waals surface area contributed by atoms with Crippen LogP contribution in [-0.4, -0.2) is 34.6 Å². The molecule has 0 spiro atoms. The number of aromatic nitrogens is 1. The maximum absolute atomic E-state index is 11.2. The molecule has 0 aliphatic carbocycles. The van der Waals surface area contributed by atoms with Crippen LogP contribution >= 0.6 is 0 Å². The highest BCUT2D eigenvalue weighted by atomic mass is 16.3. The van der Waals surface area contributed by atoms with E-state index in [9.17, 15) is 5.11 Å². The number of pyridine rings is 1. The van der Waals surface area contributed by atoms with Crippen molar-refractivity contribution in [1.29, 1.82) is 0 Å². The van der Waals surface area contributed by atoms with Crippen LogP contribution < -0.4 is 0 Å². The van der Waals surface area contributed by atoms with Crippen molar-refractivity contribution in [2.24, 2.45) is 5.92 Å². The number of fused-ring (bicyclic) bond motifs is 3. The average Bonchev–Trinajstić information content (AvgIpc) is 2.57. The first kappa shape index (κ1) is 13.9. The van der Waals surface area contributed by atoms with Gasteiger partial charge in [0.25, 0.3) is 0 Å². The first-order chi connectivity index (χ1) is 10.6. The van der Waals surface area contributed by atoms with E-state index in [1.807, 2.05) is 19.2 Å². The summed E-state index contributed by atoms with van der Waals surface area (Å²) in [6.45, 7) is 5.10. The monoisotopic (exact) mass is 294 g/mol. The molecule has 3 aliphatic rings. The standard InChI is InChI=1S/C19H22N2O/c1-14-2-7-18(20-12-14)15-3-5-16(6-4-15)19(22)13-21-10-8-17(19)9-11-21/h2-7,12,17,22H,8-11,13H2,1H3. The summed E-state index contributed by atoms with van der Waals surface area (Å²) in [7, 11) is 0. The number of hydrogen-bond acceptors (Lipinski definition) is 3. The van der Waals surface area contributed by atoms with Crippen LogP contribution in [0.4, 0.5) is 0 Å². The number of nitrogens with zero attached hydrogens (tertiary/aromatic N) is 2. The molecule has 1 N–H and O–H groups in total. The fourth-order valence-electron chi connectivity index (χ4n) is 3.93. The van der Waals surface area contributed by atoms with Gasteiger partial charge in [-0.05, 0) is 56.0 Å². The van der Waals surface area contributed by atoms with Gasteiger partial charge in [0.05, 0.1) is 5.69 Å². The second-order valence-corrected chi connectivity index (χ2v) is 6.77. The third kappa shape index (κ3) is 2.25. The quantitative estimate of drug-likeness (QED) is 0.925. The lowest BCUT2D eigenvalue weighted by Crippen LogP contribution is -2.57. The Morgan fingerprint density at radius 2 is 1.82 bits per heavy atom. The van der Waals surface area contributed by atoms with E-state index in [2.05, 4.69) is 40.2 Å². The molecule has 114 valence electrons. The van der Waals surface area contributed by atoms with Crippen molar-refractivity contribution in [3.8, 4) is 11.3 Å². The van der Waals surface area contributed by atoms with Gasteiger partial charge in [0, 0.05) is 18.3 Å². The van der Waals surface area contributed by atoms with Crippen molar-refractivity contribution in [3.05, 3.63) is 53.7 Å². The SMILES string of the molecule is Cc1ccc(-c2ccc(C3(O)CN4CCC3CC4)cc2)nc1. The smallest absolute Gasteiger partial charge is 0.105 e. The van der Waals surface area contributed by atoms with E-state index < -0.39 is 5.60 Å². The highest BCUT2D eigenvalue weighted by Crippen LogP contribution is 2.42. The van der Waals surface area contributed by atoms with E-state index in [0.717, 1.165) is 49.3 Å². The van der Waals surface area contributed by atoms with Gasteiger partial charge < -0.3 is 10.0 Å². The van der Waals surface area contributed by atoms with Crippen LogP contribution in [0, 0.1) is 12.8 Å². The molecular formula is C19H22N2O. The Kier molecular flexibility index (Phi) is 3.28. The van der Waals surface area contributed by atoms with E-state index in [1.54, 1.807) is 0 Å². The number of aliphatic hydroxyl groups is 1. The Morgan fingerprint density at radius 1 is 1.09 bits per heavy atom. The summed E-state index contributed by atoms with van der Waals surface area (Å²) in [5.41, 5.74) is 3.64. The molecule has 3 fully saturated rings. The van der Waals surface area contributed by atoms with Crippen LogP contribution in [0.5, 0.6) is 0 Å². The van der Waals surface area contributed by atoms with Gasteiger partial charge in [0.2, 0.25) is 0 Å². The molecule has 3 aliphatic heterocycles. The fourth-order valence-corrected chi connectivity index (χ4v) is 3.93. The Labute approximate surface area is 131 Å². The highest BCUT2D eigenvalue weighted by molar-refractivity contribution is 5.59. The van der Waals surface area contributed by atoms with Gasteiger partial charge in [0.1, 0.15) is 5.60 Å². The summed E-state index contributed by atoms with van der Waals surface area (Å²) >= 11 is 0. The van der Waals surface area contributed by atoms with E-state index in [1.165, 1.54) is 5.56 Å². The van der Waals surface area contributed by atoms with Gasteiger partial charge in [-0.3, -0.25) is 4.98 Å². The van der Waals surface area contributed by atoms with Crippen LogP contribution in [0.1, 0.15) is 24.0 Å². The molecular weight excluding hydrogens is 272 g/mol. The molecule has 3 saturated heterocycles.